The summed E-state index contributed by atoms with van der Waals surface area (Å²) in [6.07, 6.45) is 5.16. The van der Waals surface area contributed by atoms with Crippen LogP contribution in [0.2, 0.25) is 0 Å². The summed E-state index contributed by atoms with van der Waals surface area (Å²) in [6.45, 7) is 6.03. The van der Waals surface area contributed by atoms with Gasteiger partial charge >= 0.3 is 5.97 Å². The Morgan fingerprint density at radius 2 is 2.00 bits per heavy atom. The maximum Gasteiger partial charge on any atom is 0.307 e. The molecular formula is C21H21N5O2S. The smallest absolute Gasteiger partial charge is 0.307 e. The molecule has 148 valence electrons. The van der Waals surface area contributed by atoms with Crippen LogP contribution in [0.5, 0.6) is 0 Å². The van der Waals surface area contributed by atoms with E-state index in [1.165, 1.54) is 23.7 Å². The Hall–Kier alpha value is -3.39. The first-order chi connectivity index (χ1) is 13.9. The number of carboxylic acid groups (broad SMARTS) is 1. The average molecular weight is 407 g/mol. The van der Waals surface area contributed by atoms with E-state index in [1.54, 1.807) is 12.1 Å². The molecule has 0 atom stereocenters. The molecule has 0 aliphatic carbocycles. The van der Waals surface area contributed by atoms with Gasteiger partial charge in [0.2, 0.25) is 0 Å². The van der Waals surface area contributed by atoms with Crippen molar-refractivity contribution in [3.8, 4) is 0 Å². The second kappa shape index (κ2) is 9.20. The molecule has 2 aromatic rings. The van der Waals surface area contributed by atoms with Crippen molar-refractivity contribution in [1.82, 2.24) is 10.3 Å². The number of aryl methyl sites for hydroxylation is 1. The minimum Gasteiger partial charge on any atom is -0.481 e. The number of nitrogens with zero attached hydrogens (tertiary/aromatic N) is 4. The molecule has 1 aliphatic rings. The van der Waals surface area contributed by atoms with Gasteiger partial charge in [-0.3, -0.25) is 4.79 Å². The van der Waals surface area contributed by atoms with Crippen LogP contribution in [-0.4, -0.2) is 34.1 Å². The number of hydrogen-bond acceptors (Lipinski definition) is 6. The second-order valence-corrected chi connectivity index (χ2v) is 7.18. The molecule has 29 heavy (non-hydrogen) atoms. The maximum atomic E-state index is 10.8. The van der Waals surface area contributed by atoms with Crippen molar-refractivity contribution in [3.05, 3.63) is 78.1 Å². The van der Waals surface area contributed by atoms with Crippen LogP contribution in [0.4, 0.5) is 11.5 Å². The molecule has 0 radical (unpaired) electrons. The Kier molecular flexibility index (Phi) is 6.46. The monoisotopic (exact) mass is 407 g/mol. The van der Waals surface area contributed by atoms with Crippen LogP contribution in [0.25, 0.3) is 0 Å². The summed E-state index contributed by atoms with van der Waals surface area (Å²) in [4.78, 5) is 21.4. The van der Waals surface area contributed by atoms with Crippen LogP contribution in [0, 0.1) is 6.92 Å². The highest BCUT2D eigenvalue weighted by Crippen LogP contribution is 2.20. The number of pyridine rings is 1. The summed E-state index contributed by atoms with van der Waals surface area (Å²) >= 11 is 1.18. The van der Waals surface area contributed by atoms with E-state index in [9.17, 15) is 4.79 Å². The molecule has 8 heteroatoms. The fourth-order valence-corrected chi connectivity index (χ4v) is 3.16. The molecule has 0 fully saturated rings. The summed E-state index contributed by atoms with van der Waals surface area (Å²) in [5.74, 6) is 0.305. The number of anilines is 1. The predicted molar refractivity (Wildman–Crippen MR) is 119 cm³/mol. The van der Waals surface area contributed by atoms with E-state index in [4.69, 9.17) is 5.11 Å². The van der Waals surface area contributed by atoms with Crippen molar-refractivity contribution in [1.29, 1.82) is 0 Å². The first-order valence-electron chi connectivity index (χ1n) is 8.85. The Bertz CT molecular complexity index is 995. The van der Waals surface area contributed by atoms with Crippen LogP contribution in [0.3, 0.4) is 0 Å². The van der Waals surface area contributed by atoms with Crippen molar-refractivity contribution in [2.75, 3.05) is 11.9 Å². The summed E-state index contributed by atoms with van der Waals surface area (Å²) in [5.41, 5.74) is 3.50. The number of likely N-dealkylation sites (N-methyl/N-ethyl adjacent to an activating group) is 1. The molecule has 2 heterocycles. The van der Waals surface area contributed by atoms with Gasteiger partial charge in [-0.15, -0.1) is 0 Å². The molecule has 3 rings (SSSR count). The lowest BCUT2D eigenvalue weighted by Crippen LogP contribution is -2.27. The highest BCUT2D eigenvalue weighted by Gasteiger charge is 2.11. The van der Waals surface area contributed by atoms with Crippen LogP contribution in [0.1, 0.15) is 11.1 Å². The second-order valence-electron chi connectivity index (χ2n) is 6.43. The molecule has 1 aliphatic heterocycles. The number of carbonyl (C=O) groups is 1. The molecule has 1 aromatic heterocycles. The maximum absolute atomic E-state index is 10.8. The largest absolute Gasteiger partial charge is 0.481 e. The van der Waals surface area contributed by atoms with Crippen LogP contribution < -0.4 is 10.2 Å². The number of aliphatic imine (C=N–C) groups is 1. The minimum atomic E-state index is -0.897. The molecule has 0 bridgehead atoms. The fraction of sp³-hybridized carbons (Fsp3) is 0.143. The average Bonchev–Trinajstić information content (AvgIpc) is 2.67. The van der Waals surface area contributed by atoms with E-state index in [0.717, 1.165) is 11.5 Å². The van der Waals surface area contributed by atoms with E-state index in [2.05, 4.69) is 38.4 Å². The summed E-state index contributed by atoms with van der Waals surface area (Å²) in [5, 5.41) is 12.5. The highest BCUT2D eigenvalue weighted by molar-refractivity contribution is 8.12. The Morgan fingerprint density at radius 1 is 1.24 bits per heavy atom. The van der Waals surface area contributed by atoms with Crippen molar-refractivity contribution in [2.24, 2.45) is 9.39 Å². The first kappa shape index (κ1) is 20.3. The summed E-state index contributed by atoms with van der Waals surface area (Å²) in [6, 6.07) is 11.6. The van der Waals surface area contributed by atoms with Crippen LogP contribution >= 0.6 is 11.9 Å². The van der Waals surface area contributed by atoms with Gasteiger partial charge in [0.25, 0.3) is 0 Å². The zero-order valence-electron chi connectivity index (χ0n) is 16.2. The summed E-state index contributed by atoms with van der Waals surface area (Å²) in [7, 11) is 1.95. The molecule has 0 saturated carbocycles. The van der Waals surface area contributed by atoms with Crippen molar-refractivity contribution in [2.45, 2.75) is 13.3 Å². The van der Waals surface area contributed by atoms with E-state index < -0.39 is 5.97 Å². The van der Waals surface area contributed by atoms with Crippen molar-refractivity contribution < 1.29 is 9.90 Å². The lowest BCUT2D eigenvalue weighted by molar-refractivity contribution is -0.136. The number of aromatic nitrogens is 1. The third-order valence-corrected chi connectivity index (χ3v) is 4.72. The first-order valence-corrected chi connectivity index (χ1v) is 9.63. The van der Waals surface area contributed by atoms with Gasteiger partial charge in [-0.2, -0.15) is 4.40 Å². The van der Waals surface area contributed by atoms with Gasteiger partial charge < -0.3 is 15.3 Å². The van der Waals surface area contributed by atoms with Gasteiger partial charge in [-0.05, 0) is 42.8 Å². The zero-order valence-corrected chi connectivity index (χ0v) is 17.0. The normalized spacial score (nSPS) is 18.2. The Labute approximate surface area is 173 Å². The molecule has 1 aromatic carbocycles. The molecule has 7 nitrogen and oxygen atoms in total. The van der Waals surface area contributed by atoms with E-state index in [1.807, 2.05) is 43.2 Å². The minimum absolute atomic E-state index is 0.0720. The quantitative estimate of drug-likeness (QED) is 0.748. The van der Waals surface area contributed by atoms with E-state index in [-0.39, 0.29) is 6.42 Å². The van der Waals surface area contributed by atoms with Gasteiger partial charge in [0, 0.05) is 24.6 Å². The summed E-state index contributed by atoms with van der Waals surface area (Å²) < 4.78 is 4.58. The molecule has 0 unspecified atom stereocenters. The number of hydrogen-bond donors (Lipinski definition) is 2. The number of rotatable bonds is 4. The van der Waals surface area contributed by atoms with E-state index in [0.29, 0.717) is 22.2 Å². The lowest BCUT2D eigenvalue weighted by Gasteiger charge is -2.20. The molecule has 0 saturated heterocycles. The predicted octanol–water partition coefficient (Wildman–Crippen LogP) is 3.86. The zero-order chi connectivity index (χ0) is 20.8. The van der Waals surface area contributed by atoms with Crippen molar-refractivity contribution in [3.63, 3.8) is 0 Å². The SMILES string of the molecule is C=C1/C=C\C(N(C)c2ccc(C)cc2)=N/SC(=Nc2ccc(CC(=O)O)cn2)N1. The number of carboxylic acids is 1. The lowest BCUT2D eigenvalue weighted by atomic mass is 10.2. The molecule has 2 N–H and O–H groups in total. The van der Waals surface area contributed by atoms with Gasteiger partial charge in [0.15, 0.2) is 11.0 Å². The van der Waals surface area contributed by atoms with Gasteiger partial charge in [-0.25, -0.2) is 9.98 Å². The molecular weight excluding hydrogens is 386 g/mol. The third-order valence-electron chi connectivity index (χ3n) is 4.07. The number of aliphatic carboxylic acids is 1. The van der Waals surface area contributed by atoms with Gasteiger partial charge in [0.05, 0.1) is 18.4 Å². The fourth-order valence-electron chi connectivity index (χ4n) is 2.49. The van der Waals surface area contributed by atoms with Gasteiger partial charge in [0.1, 0.15) is 5.84 Å². The Balaban J connectivity index is 1.80. The Morgan fingerprint density at radius 3 is 2.66 bits per heavy atom. The number of allylic oxidation sites excluding steroid dienone is 1. The van der Waals surface area contributed by atoms with Crippen molar-refractivity contribution >= 4 is 40.4 Å². The number of nitrogens with one attached hydrogen (secondary N) is 1. The van der Waals surface area contributed by atoms with E-state index >= 15 is 0 Å². The molecule has 0 spiro atoms. The van der Waals surface area contributed by atoms with Gasteiger partial charge in [-0.1, -0.05) is 30.3 Å². The number of benzene rings is 1. The van der Waals surface area contributed by atoms with Crippen LogP contribution in [-0.2, 0) is 11.2 Å². The molecule has 0 amide bonds. The van der Waals surface area contributed by atoms with Crippen LogP contribution in [0.15, 0.2) is 76.4 Å². The number of amidine groups is 2. The standard InChI is InChI=1S/C21H21N5O2S/c1-14-4-8-17(9-5-14)26(3)19-11-6-15(2)23-21(29-25-19)24-18-10-7-16(13-22-18)12-20(27)28/h4-11,13H,2,12H2,1,3H3,(H,27,28)(H,22,23,24)/b11-6-,25-19+. The third kappa shape index (κ3) is 5.79. The highest BCUT2D eigenvalue weighted by atomic mass is 32.2. The topological polar surface area (TPSA) is 90.2 Å².